The molecule has 1 unspecified atom stereocenters. The maximum atomic E-state index is 15.1. The minimum absolute atomic E-state index is 0.0134. The topological polar surface area (TPSA) is 131 Å². The molecule has 1 fully saturated rings. The van der Waals surface area contributed by atoms with Gasteiger partial charge in [0.05, 0.1) is 22.9 Å². The van der Waals surface area contributed by atoms with E-state index in [0.29, 0.717) is 19.2 Å². The zero-order valence-electron chi connectivity index (χ0n) is 28.3. The number of primary amides is 1. The highest BCUT2D eigenvalue weighted by atomic mass is 19.3. The number of alkyl halides is 6. The number of nitrogens with two attached hydrogens (primary N) is 1. The Labute approximate surface area is 301 Å². The summed E-state index contributed by atoms with van der Waals surface area (Å²) in [6, 6.07) is 4.33. The Bertz CT molecular complexity index is 2030. The molecule has 0 saturated carbocycles. The van der Waals surface area contributed by atoms with Gasteiger partial charge in [0.2, 0.25) is 11.9 Å². The summed E-state index contributed by atoms with van der Waals surface area (Å²) < 4.78 is 131. The van der Waals surface area contributed by atoms with E-state index in [2.05, 4.69) is 30.6 Å². The molecule has 288 valence electrons. The SMILES string of the molecule is NC(=O)c1cc(-c2cnc(NCCN3CCCC3)nc2C(Cc2cc(F)cc(F)c2)NC(=O)Cn2nc(C(F)F)c3c2C(F)(F)CCC3(F)F)ccc1F. The van der Waals surface area contributed by atoms with E-state index < -0.39 is 102 Å². The Morgan fingerprint density at radius 3 is 2.28 bits per heavy atom. The fraction of sp³-hybridized carbons (Fsp3) is 0.400. The minimum atomic E-state index is -4.09. The summed E-state index contributed by atoms with van der Waals surface area (Å²) >= 11 is 0. The van der Waals surface area contributed by atoms with Crippen LogP contribution in [0.25, 0.3) is 11.1 Å². The van der Waals surface area contributed by atoms with Crippen molar-refractivity contribution in [2.24, 2.45) is 5.73 Å². The third kappa shape index (κ3) is 8.29. The molecule has 2 aromatic heterocycles. The zero-order chi connectivity index (χ0) is 38.9. The number of carbonyl (C=O) groups is 2. The largest absolute Gasteiger partial charge is 0.366 e. The van der Waals surface area contributed by atoms with Crippen LogP contribution < -0.4 is 16.4 Å². The zero-order valence-corrected chi connectivity index (χ0v) is 28.3. The molecule has 0 bridgehead atoms. The average Bonchev–Trinajstić information content (AvgIpc) is 3.76. The maximum absolute atomic E-state index is 15.1. The van der Waals surface area contributed by atoms with E-state index in [0.717, 1.165) is 50.2 Å². The average molecular weight is 769 g/mol. The molecule has 2 aliphatic rings. The summed E-state index contributed by atoms with van der Waals surface area (Å²) in [6.07, 6.45) is -3.61. The van der Waals surface area contributed by atoms with E-state index >= 15 is 8.78 Å². The molecule has 10 nitrogen and oxygen atoms in total. The van der Waals surface area contributed by atoms with Gasteiger partial charge < -0.3 is 21.3 Å². The lowest BCUT2D eigenvalue weighted by Crippen LogP contribution is -2.37. The van der Waals surface area contributed by atoms with E-state index in [-0.39, 0.29) is 33.0 Å². The predicted molar refractivity (Wildman–Crippen MR) is 175 cm³/mol. The monoisotopic (exact) mass is 768 g/mol. The van der Waals surface area contributed by atoms with Gasteiger partial charge >= 0.3 is 0 Å². The number of benzene rings is 2. The van der Waals surface area contributed by atoms with Crippen LogP contribution in [0, 0.1) is 17.5 Å². The lowest BCUT2D eigenvalue weighted by Gasteiger charge is -2.29. The first-order valence-corrected chi connectivity index (χ1v) is 16.8. The molecule has 6 rings (SSSR count). The molecule has 4 aromatic rings. The fourth-order valence-electron chi connectivity index (χ4n) is 6.78. The van der Waals surface area contributed by atoms with Crippen LogP contribution in [0.3, 0.4) is 0 Å². The third-order valence-corrected chi connectivity index (χ3v) is 9.24. The van der Waals surface area contributed by atoms with Crippen LogP contribution in [0.2, 0.25) is 0 Å². The summed E-state index contributed by atoms with van der Waals surface area (Å²) in [5.74, 6) is -13.4. The number of anilines is 1. The molecule has 0 radical (unpaired) electrons. The van der Waals surface area contributed by atoms with Gasteiger partial charge in [0, 0.05) is 43.8 Å². The van der Waals surface area contributed by atoms with Gasteiger partial charge in [-0.05, 0) is 67.7 Å². The smallest absolute Gasteiger partial charge is 0.290 e. The Balaban J connectivity index is 1.42. The number of amides is 2. The number of carbonyl (C=O) groups excluding carboxylic acids is 2. The van der Waals surface area contributed by atoms with Crippen molar-refractivity contribution in [1.82, 2.24) is 30.0 Å². The summed E-state index contributed by atoms with van der Waals surface area (Å²) in [5, 5.41) is 8.86. The Morgan fingerprint density at radius 1 is 0.926 bits per heavy atom. The quantitative estimate of drug-likeness (QED) is 0.135. The molecule has 1 aliphatic heterocycles. The predicted octanol–water partition coefficient (Wildman–Crippen LogP) is 6.38. The molecular weight excluding hydrogens is 735 g/mol. The first-order chi connectivity index (χ1) is 25.5. The number of likely N-dealkylation sites (tertiary alicyclic amines) is 1. The van der Waals surface area contributed by atoms with Crippen molar-refractivity contribution in [3.05, 3.63) is 93.8 Å². The molecule has 1 atom stereocenters. The van der Waals surface area contributed by atoms with Crippen molar-refractivity contribution in [3.63, 3.8) is 0 Å². The van der Waals surface area contributed by atoms with Crippen LogP contribution >= 0.6 is 0 Å². The van der Waals surface area contributed by atoms with Gasteiger partial charge in [0.15, 0.2) is 0 Å². The van der Waals surface area contributed by atoms with Gasteiger partial charge in [-0.1, -0.05) is 6.07 Å². The molecular formula is C35H33F9N8O2. The number of aromatic nitrogens is 4. The second-order valence-corrected chi connectivity index (χ2v) is 13.1. The van der Waals surface area contributed by atoms with Crippen LogP contribution in [0.5, 0.6) is 0 Å². The molecule has 1 saturated heterocycles. The standard InChI is InChI=1S/C35H33F9N8O2/c36-20-11-18(12-21(37)15-20)13-25(48-26(53)17-52-30-27(29(50-52)31(39)40)34(41,42)5-6-35(30,43)44)28-23(19-3-4-24(38)22(14-19)32(45)54)16-47-33(49-28)46-7-10-51-8-1-2-9-51/h3-4,11-12,14-16,25,31H,1-2,5-10,13,17H2,(H2,45,54)(H,48,53)(H,46,47,49). The highest BCUT2D eigenvalue weighted by molar-refractivity contribution is 5.94. The first kappa shape index (κ1) is 38.5. The molecule has 2 amide bonds. The van der Waals surface area contributed by atoms with Crippen LogP contribution in [0.15, 0.2) is 42.6 Å². The number of nitrogens with zero attached hydrogens (tertiary/aromatic N) is 5. The van der Waals surface area contributed by atoms with Gasteiger partial charge in [0.25, 0.3) is 24.2 Å². The molecule has 1 aliphatic carbocycles. The van der Waals surface area contributed by atoms with E-state index in [9.17, 15) is 40.3 Å². The number of halogens is 9. The minimum Gasteiger partial charge on any atom is -0.366 e. The van der Waals surface area contributed by atoms with Crippen molar-refractivity contribution in [3.8, 4) is 11.1 Å². The van der Waals surface area contributed by atoms with Crippen molar-refractivity contribution < 1.29 is 49.1 Å². The fourth-order valence-corrected chi connectivity index (χ4v) is 6.78. The lowest BCUT2D eigenvalue weighted by molar-refractivity contribution is -0.123. The second-order valence-electron chi connectivity index (χ2n) is 13.1. The highest BCUT2D eigenvalue weighted by Crippen LogP contribution is 2.52. The number of nitrogens with one attached hydrogen (secondary N) is 2. The van der Waals surface area contributed by atoms with Crippen molar-refractivity contribution >= 4 is 17.8 Å². The molecule has 3 heterocycles. The number of hydrogen-bond donors (Lipinski definition) is 3. The van der Waals surface area contributed by atoms with Crippen LogP contribution in [-0.2, 0) is 29.6 Å². The normalized spacial score (nSPS) is 17.0. The molecule has 19 heteroatoms. The van der Waals surface area contributed by atoms with E-state index in [1.54, 1.807) is 0 Å². The van der Waals surface area contributed by atoms with Crippen LogP contribution in [0.1, 0.15) is 76.7 Å². The number of rotatable bonds is 13. The Kier molecular flexibility index (Phi) is 10.9. The first-order valence-electron chi connectivity index (χ1n) is 16.8. The molecule has 0 spiro atoms. The van der Waals surface area contributed by atoms with E-state index in [1.165, 1.54) is 12.3 Å². The summed E-state index contributed by atoms with van der Waals surface area (Å²) in [5.41, 5.74) is 0.101. The molecule has 4 N–H and O–H groups in total. The summed E-state index contributed by atoms with van der Waals surface area (Å²) in [6.45, 7) is 1.50. The van der Waals surface area contributed by atoms with Gasteiger partial charge in [-0.25, -0.2) is 40.7 Å². The van der Waals surface area contributed by atoms with Crippen LogP contribution in [-0.4, -0.2) is 62.6 Å². The van der Waals surface area contributed by atoms with Crippen LogP contribution in [0.4, 0.5) is 45.5 Å². The molecule has 2 aromatic carbocycles. The van der Waals surface area contributed by atoms with Gasteiger partial charge in [-0.3, -0.25) is 14.3 Å². The van der Waals surface area contributed by atoms with E-state index in [1.807, 2.05) is 0 Å². The Hall–Kier alpha value is -5.20. The molecule has 54 heavy (non-hydrogen) atoms. The summed E-state index contributed by atoms with van der Waals surface area (Å²) in [4.78, 5) is 36.8. The Morgan fingerprint density at radius 2 is 1.61 bits per heavy atom. The highest BCUT2D eigenvalue weighted by Gasteiger charge is 2.55. The van der Waals surface area contributed by atoms with Crippen molar-refractivity contribution in [2.75, 3.05) is 31.5 Å². The number of hydrogen-bond acceptors (Lipinski definition) is 7. The summed E-state index contributed by atoms with van der Waals surface area (Å²) in [7, 11) is 0. The van der Waals surface area contributed by atoms with Crippen molar-refractivity contribution in [1.29, 1.82) is 0 Å². The number of fused-ring (bicyclic) bond motifs is 1. The lowest BCUT2D eigenvalue weighted by atomic mass is 9.89. The van der Waals surface area contributed by atoms with Gasteiger partial charge in [-0.15, -0.1) is 0 Å². The van der Waals surface area contributed by atoms with Gasteiger partial charge in [0.1, 0.15) is 35.4 Å². The third-order valence-electron chi connectivity index (χ3n) is 9.24. The maximum Gasteiger partial charge on any atom is 0.290 e. The van der Waals surface area contributed by atoms with E-state index in [4.69, 9.17) is 5.73 Å². The second kappa shape index (κ2) is 15.3. The van der Waals surface area contributed by atoms with Crippen molar-refractivity contribution in [2.45, 2.75) is 63.0 Å². The van der Waals surface area contributed by atoms with Gasteiger partial charge in [-0.2, -0.15) is 13.9 Å².